The Kier molecular flexibility index (Phi) is 4.26. The highest BCUT2D eigenvalue weighted by atomic mass is 32.2. The fraction of sp³-hybridized carbons (Fsp3) is 0.143. The first-order chi connectivity index (χ1) is 9.28. The Balaban J connectivity index is 2.39. The quantitative estimate of drug-likeness (QED) is 0.626. The zero-order valence-corrected chi connectivity index (χ0v) is 11.4. The molecule has 0 amide bonds. The predicted octanol–water partition coefficient (Wildman–Crippen LogP) is 3.19. The van der Waals surface area contributed by atoms with Gasteiger partial charge in [0, 0.05) is 4.91 Å². The van der Waals surface area contributed by atoms with Gasteiger partial charge in [-0.3, -0.25) is 0 Å². The van der Waals surface area contributed by atoms with Gasteiger partial charge in [0.1, 0.15) is 24.0 Å². The van der Waals surface area contributed by atoms with Crippen LogP contribution in [0.5, 0.6) is 5.75 Å². The highest BCUT2D eigenvalue weighted by Crippen LogP contribution is 2.34. The minimum Gasteiger partial charge on any atom is -0.497 e. The summed E-state index contributed by atoms with van der Waals surface area (Å²) in [4.78, 5) is 5.57. The van der Waals surface area contributed by atoms with Gasteiger partial charge in [0.15, 0.2) is 0 Å². The summed E-state index contributed by atoms with van der Waals surface area (Å²) >= 11 is 1.41. The Bertz CT molecular complexity index is 612. The molecule has 0 unspecified atom stereocenters. The largest absolute Gasteiger partial charge is 0.497 e. The smallest absolute Gasteiger partial charge is 0.140 e. The summed E-state index contributed by atoms with van der Waals surface area (Å²) in [5.41, 5.74) is 1.43. The lowest BCUT2D eigenvalue weighted by molar-refractivity contribution is 0.215. The van der Waals surface area contributed by atoms with E-state index in [0.717, 1.165) is 21.3 Å². The van der Waals surface area contributed by atoms with Crippen molar-refractivity contribution in [2.24, 2.45) is 5.16 Å². The van der Waals surface area contributed by atoms with E-state index >= 15 is 0 Å². The number of hydrogen-bond acceptors (Lipinski definition) is 5. The molecule has 5 heteroatoms. The number of nitrogens with zero attached hydrogens (tertiary/aromatic N) is 2. The van der Waals surface area contributed by atoms with Crippen molar-refractivity contribution in [3.05, 3.63) is 46.9 Å². The minimum atomic E-state index is 0.599. The van der Waals surface area contributed by atoms with Crippen LogP contribution in [0.3, 0.4) is 0 Å². The molecule has 0 saturated carbocycles. The number of allylic oxidation sites excluding steroid dienone is 2. The van der Waals surface area contributed by atoms with Crippen LogP contribution in [-0.2, 0) is 4.84 Å². The van der Waals surface area contributed by atoms with Gasteiger partial charge in [-0.1, -0.05) is 29.1 Å². The molecule has 0 fully saturated rings. The fourth-order valence-corrected chi connectivity index (χ4v) is 2.52. The molecule has 2 rings (SSSR count). The molecule has 0 saturated heterocycles. The summed E-state index contributed by atoms with van der Waals surface area (Å²) in [5, 5.41) is 13.9. The molecule has 0 radical (unpaired) electrons. The number of nitriles is 1. The van der Waals surface area contributed by atoms with Crippen LogP contribution in [0.25, 0.3) is 5.57 Å². The Labute approximate surface area is 116 Å². The lowest BCUT2D eigenvalue weighted by Crippen LogP contribution is -1.88. The molecule has 0 aromatic heterocycles. The standard InChI is InChI=1S/C14H12N2O2S/c1-17-11-5-3-4-10(8-11)12(9-15)13-6-7-14(19-13)16-18-2/h3-8H,1-2H3/b13-12+,16-14?. The van der Waals surface area contributed by atoms with E-state index in [1.165, 1.54) is 18.9 Å². The molecule has 96 valence electrons. The summed E-state index contributed by atoms with van der Waals surface area (Å²) < 4.78 is 5.17. The third-order valence-corrected chi connectivity index (χ3v) is 3.47. The lowest BCUT2D eigenvalue weighted by Gasteiger charge is -2.05. The summed E-state index contributed by atoms with van der Waals surface area (Å²) in [6.07, 6.45) is 3.68. The Morgan fingerprint density at radius 3 is 2.84 bits per heavy atom. The molecule has 19 heavy (non-hydrogen) atoms. The van der Waals surface area contributed by atoms with E-state index in [2.05, 4.69) is 11.2 Å². The average Bonchev–Trinajstić information content (AvgIpc) is 2.89. The number of benzene rings is 1. The fourth-order valence-electron chi connectivity index (χ4n) is 1.64. The van der Waals surface area contributed by atoms with Gasteiger partial charge < -0.3 is 9.57 Å². The molecule has 4 nitrogen and oxygen atoms in total. The van der Waals surface area contributed by atoms with Crippen molar-refractivity contribution in [2.45, 2.75) is 0 Å². The molecule has 0 aliphatic carbocycles. The Morgan fingerprint density at radius 1 is 1.32 bits per heavy atom. The van der Waals surface area contributed by atoms with Crippen LogP contribution < -0.4 is 4.74 Å². The van der Waals surface area contributed by atoms with Gasteiger partial charge in [-0.25, -0.2) is 0 Å². The van der Waals surface area contributed by atoms with Gasteiger partial charge in [-0.2, -0.15) is 5.26 Å². The summed E-state index contributed by atoms with van der Waals surface area (Å²) in [5.74, 6) is 0.726. The van der Waals surface area contributed by atoms with Crippen molar-refractivity contribution >= 4 is 22.4 Å². The van der Waals surface area contributed by atoms with E-state index in [4.69, 9.17) is 9.57 Å². The summed E-state index contributed by atoms with van der Waals surface area (Å²) in [7, 11) is 3.10. The zero-order valence-electron chi connectivity index (χ0n) is 10.6. The van der Waals surface area contributed by atoms with Crippen molar-refractivity contribution in [1.82, 2.24) is 0 Å². The van der Waals surface area contributed by atoms with Crippen molar-refractivity contribution in [1.29, 1.82) is 5.26 Å². The number of hydrogen-bond donors (Lipinski definition) is 0. The van der Waals surface area contributed by atoms with Crippen molar-refractivity contribution < 1.29 is 9.57 Å². The Hall–Kier alpha value is -2.19. The Morgan fingerprint density at radius 2 is 2.16 bits per heavy atom. The van der Waals surface area contributed by atoms with E-state index in [1.54, 1.807) is 7.11 Å². The van der Waals surface area contributed by atoms with E-state index in [0.29, 0.717) is 5.57 Å². The highest BCUT2D eigenvalue weighted by Gasteiger charge is 2.15. The number of methoxy groups -OCH3 is 1. The summed E-state index contributed by atoms with van der Waals surface area (Å²) in [6.45, 7) is 0. The van der Waals surface area contributed by atoms with Gasteiger partial charge in [0.2, 0.25) is 0 Å². The molecule has 0 atom stereocenters. The lowest BCUT2D eigenvalue weighted by atomic mass is 10.1. The van der Waals surface area contributed by atoms with Crippen LogP contribution in [0.4, 0.5) is 0 Å². The van der Waals surface area contributed by atoms with Gasteiger partial charge in [0.05, 0.1) is 12.7 Å². The maximum Gasteiger partial charge on any atom is 0.140 e. The van der Waals surface area contributed by atoms with E-state index < -0.39 is 0 Å². The molecule has 1 aromatic carbocycles. The topological polar surface area (TPSA) is 54.6 Å². The molecule has 1 aliphatic rings. The second-order valence-corrected chi connectivity index (χ2v) is 4.69. The van der Waals surface area contributed by atoms with Crippen LogP contribution in [0.15, 0.2) is 46.5 Å². The molecule has 1 aromatic rings. The molecule has 0 bridgehead atoms. The van der Waals surface area contributed by atoms with Crippen LogP contribution in [0.1, 0.15) is 5.56 Å². The monoisotopic (exact) mass is 272 g/mol. The van der Waals surface area contributed by atoms with Crippen molar-refractivity contribution in [3.63, 3.8) is 0 Å². The van der Waals surface area contributed by atoms with E-state index in [9.17, 15) is 5.26 Å². The normalized spacial score (nSPS) is 18.3. The third-order valence-electron chi connectivity index (χ3n) is 2.49. The third kappa shape index (κ3) is 2.98. The highest BCUT2D eigenvalue weighted by molar-refractivity contribution is 8.18. The van der Waals surface area contributed by atoms with Gasteiger partial charge in [-0.05, 0) is 29.8 Å². The zero-order chi connectivity index (χ0) is 13.7. The van der Waals surface area contributed by atoms with E-state index in [-0.39, 0.29) is 0 Å². The minimum absolute atomic E-state index is 0.599. The SMILES string of the molecule is CON=C1C=C/C(=C(/C#N)c2cccc(OC)c2)S1. The van der Waals surface area contributed by atoms with Crippen LogP contribution in [0, 0.1) is 11.3 Å². The second-order valence-electron chi connectivity index (χ2n) is 3.63. The van der Waals surface area contributed by atoms with Gasteiger partial charge in [-0.15, -0.1) is 0 Å². The first-order valence-electron chi connectivity index (χ1n) is 5.54. The van der Waals surface area contributed by atoms with Gasteiger partial charge >= 0.3 is 0 Å². The van der Waals surface area contributed by atoms with Crippen molar-refractivity contribution in [2.75, 3.05) is 14.2 Å². The first-order valence-corrected chi connectivity index (χ1v) is 6.36. The van der Waals surface area contributed by atoms with E-state index in [1.807, 2.05) is 36.4 Å². The molecule has 0 spiro atoms. The maximum atomic E-state index is 9.35. The van der Waals surface area contributed by atoms with Crippen LogP contribution >= 0.6 is 11.8 Å². The molecule has 1 aliphatic heterocycles. The second kappa shape index (κ2) is 6.12. The average molecular weight is 272 g/mol. The predicted molar refractivity (Wildman–Crippen MR) is 76.7 cm³/mol. The van der Waals surface area contributed by atoms with Gasteiger partial charge in [0.25, 0.3) is 0 Å². The molecule has 1 heterocycles. The molecule has 0 N–H and O–H groups in total. The van der Waals surface area contributed by atoms with Crippen LogP contribution in [-0.4, -0.2) is 19.3 Å². The molecular weight excluding hydrogens is 260 g/mol. The first kappa shape index (κ1) is 13.2. The van der Waals surface area contributed by atoms with Crippen molar-refractivity contribution in [3.8, 4) is 11.8 Å². The molecular formula is C14H12N2O2S. The summed E-state index contributed by atoms with van der Waals surface area (Å²) in [6, 6.07) is 9.66. The number of thioether (sulfide) groups is 1. The number of ether oxygens (including phenoxy) is 1. The van der Waals surface area contributed by atoms with Crippen LogP contribution in [0.2, 0.25) is 0 Å². The maximum absolute atomic E-state index is 9.35. The number of rotatable bonds is 3. The number of oxime groups is 1.